The lowest BCUT2D eigenvalue weighted by atomic mass is 9.94. The minimum Gasteiger partial charge on any atom is -0.494 e. The summed E-state index contributed by atoms with van der Waals surface area (Å²) >= 11 is 0. The number of halogens is 1. The molecule has 0 aliphatic rings. The first-order chi connectivity index (χ1) is 11.9. The molecular weight excluding hydrogens is 321 g/mol. The monoisotopic (exact) mass is 347 g/mol. The second-order valence-electron chi connectivity index (χ2n) is 6.69. The van der Waals surface area contributed by atoms with Crippen LogP contribution >= 0.6 is 0 Å². The summed E-state index contributed by atoms with van der Waals surface area (Å²) in [5.74, 6) is 0.601. The Morgan fingerprint density at radius 3 is 2.52 bits per heavy atom. The standard InChI is InChI=1S/C20H26FNO3/c1-20(2,12-15-9-10-19(24-3)18(21)11-15)22-13-16(23)14-25-17-7-5-4-6-8-17/h4-11,16,22-23H,12-14H2,1-3H3. The molecule has 0 aromatic heterocycles. The summed E-state index contributed by atoms with van der Waals surface area (Å²) in [6.07, 6.45) is -0.00715. The normalized spacial score (nSPS) is 12.7. The van der Waals surface area contributed by atoms with Crippen molar-refractivity contribution in [3.05, 3.63) is 59.9 Å². The molecule has 4 nitrogen and oxygen atoms in total. The van der Waals surface area contributed by atoms with E-state index in [4.69, 9.17) is 9.47 Å². The summed E-state index contributed by atoms with van der Waals surface area (Å²) in [6, 6.07) is 14.3. The fourth-order valence-corrected chi connectivity index (χ4v) is 2.55. The number of hydrogen-bond acceptors (Lipinski definition) is 4. The van der Waals surface area contributed by atoms with Crippen LogP contribution in [0.15, 0.2) is 48.5 Å². The molecule has 1 unspecified atom stereocenters. The van der Waals surface area contributed by atoms with Gasteiger partial charge in [-0.15, -0.1) is 0 Å². The van der Waals surface area contributed by atoms with Crippen LogP contribution < -0.4 is 14.8 Å². The van der Waals surface area contributed by atoms with E-state index in [1.165, 1.54) is 13.2 Å². The smallest absolute Gasteiger partial charge is 0.165 e. The zero-order valence-electron chi connectivity index (χ0n) is 15.0. The zero-order valence-corrected chi connectivity index (χ0v) is 15.0. The number of nitrogens with one attached hydrogen (secondary N) is 1. The summed E-state index contributed by atoms with van der Waals surface area (Å²) in [7, 11) is 1.45. The molecule has 2 rings (SSSR count). The van der Waals surface area contributed by atoms with E-state index in [0.29, 0.717) is 13.0 Å². The molecule has 0 radical (unpaired) electrons. The van der Waals surface area contributed by atoms with Gasteiger partial charge in [-0.25, -0.2) is 4.39 Å². The second-order valence-corrected chi connectivity index (χ2v) is 6.69. The van der Waals surface area contributed by atoms with Crippen LogP contribution in [0.1, 0.15) is 19.4 Å². The first-order valence-corrected chi connectivity index (χ1v) is 8.33. The number of benzene rings is 2. The molecule has 1 atom stereocenters. The first kappa shape index (κ1) is 19.2. The van der Waals surface area contributed by atoms with Crippen LogP contribution in [0, 0.1) is 5.82 Å². The number of para-hydroxylation sites is 1. The van der Waals surface area contributed by atoms with Gasteiger partial charge in [0.15, 0.2) is 11.6 Å². The van der Waals surface area contributed by atoms with Crippen molar-refractivity contribution in [1.82, 2.24) is 5.32 Å². The molecule has 0 heterocycles. The molecule has 5 heteroatoms. The number of methoxy groups -OCH3 is 1. The molecule has 0 aliphatic heterocycles. The SMILES string of the molecule is COc1ccc(CC(C)(C)NCC(O)COc2ccccc2)cc1F. The molecule has 2 aromatic rings. The Labute approximate surface area is 148 Å². The molecule has 2 N–H and O–H groups in total. The minimum absolute atomic E-state index is 0.213. The maximum absolute atomic E-state index is 13.8. The van der Waals surface area contributed by atoms with Crippen molar-refractivity contribution in [2.75, 3.05) is 20.3 Å². The average molecular weight is 347 g/mol. The van der Waals surface area contributed by atoms with Gasteiger partial charge in [-0.1, -0.05) is 24.3 Å². The molecule has 2 aromatic carbocycles. The fraction of sp³-hybridized carbons (Fsp3) is 0.400. The Balaban J connectivity index is 1.81. The summed E-state index contributed by atoms with van der Waals surface area (Å²) in [6.45, 7) is 4.63. The van der Waals surface area contributed by atoms with Crippen molar-refractivity contribution >= 4 is 0 Å². The molecule has 0 saturated carbocycles. The zero-order chi connectivity index (χ0) is 18.3. The van der Waals surface area contributed by atoms with Crippen molar-refractivity contribution in [3.8, 4) is 11.5 Å². The summed E-state index contributed by atoms with van der Waals surface area (Å²) < 4.78 is 24.3. The molecule has 136 valence electrons. The van der Waals surface area contributed by atoms with Crippen LogP contribution in [0.3, 0.4) is 0 Å². The molecule has 25 heavy (non-hydrogen) atoms. The largest absolute Gasteiger partial charge is 0.494 e. The maximum atomic E-state index is 13.8. The van der Waals surface area contributed by atoms with Gasteiger partial charge in [0.2, 0.25) is 0 Å². The van der Waals surface area contributed by atoms with E-state index in [1.54, 1.807) is 6.07 Å². The molecule has 0 spiro atoms. The number of aliphatic hydroxyl groups is 1. The van der Waals surface area contributed by atoms with Crippen molar-refractivity contribution in [1.29, 1.82) is 0 Å². The lowest BCUT2D eigenvalue weighted by Crippen LogP contribution is -2.46. The van der Waals surface area contributed by atoms with Crippen LogP contribution in [0.4, 0.5) is 4.39 Å². The predicted molar refractivity (Wildman–Crippen MR) is 96.7 cm³/mol. The highest BCUT2D eigenvalue weighted by Gasteiger charge is 2.20. The van der Waals surface area contributed by atoms with Crippen LogP contribution in [-0.2, 0) is 6.42 Å². The van der Waals surface area contributed by atoms with Crippen molar-refractivity contribution in [3.63, 3.8) is 0 Å². The third-order valence-corrected chi connectivity index (χ3v) is 3.86. The number of hydrogen-bond donors (Lipinski definition) is 2. The van der Waals surface area contributed by atoms with Gasteiger partial charge in [0, 0.05) is 12.1 Å². The van der Waals surface area contributed by atoms with Gasteiger partial charge in [0.1, 0.15) is 18.5 Å². The van der Waals surface area contributed by atoms with Crippen LogP contribution in [0.2, 0.25) is 0 Å². The molecule has 0 bridgehead atoms. The van der Waals surface area contributed by atoms with E-state index in [1.807, 2.05) is 50.2 Å². The quantitative estimate of drug-likeness (QED) is 0.731. The van der Waals surface area contributed by atoms with Crippen molar-refractivity contribution < 1.29 is 19.0 Å². The maximum Gasteiger partial charge on any atom is 0.165 e. The fourth-order valence-electron chi connectivity index (χ4n) is 2.55. The lowest BCUT2D eigenvalue weighted by molar-refractivity contribution is 0.0988. The summed E-state index contributed by atoms with van der Waals surface area (Å²) in [5.41, 5.74) is 0.570. The Morgan fingerprint density at radius 1 is 1.16 bits per heavy atom. The lowest BCUT2D eigenvalue weighted by Gasteiger charge is -2.28. The topological polar surface area (TPSA) is 50.7 Å². The third-order valence-electron chi connectivity index (χ3n) is 3.86. The van der Waals surface area contributed by atoms with Gasteiger partial charge < -0.3 is 19.9 Å². The van der Waals surface area contributed by atoms with E-state index < -0.39 is 6.10 Å². The molecular formula is C20H26FNO3. The van der Waals surface area contributed by atoms with Gasteiger partial charge in [-0.3, -0.25) is 0 Å². The number of β-amino-alcohol motifs (C(OH)–C–C–N with tert-alkyl or cyclic N) is 1. The van der Waals surface area contributed by atoms with E-state index in [-0.39, 0.29) is 23.7 Å². The van der Waals surface area contributed by atoms with Crippen molar-refractivity contribution in [2.24, 2.45) is 0 Å². The van der Waals surface area contributed by atoms with E-state index in [2.05, 4.69) is 5.32 Å². The predicted octanol–water partition coefficient (Wildman–Crippen LogP) is 3.18. The van der Waals surface area contributed by atoms with Crippen molar-refractivity contribution in [2.45, 2.75) is 31.9 Å². The van der Waals surface area contributed by atoms with Gasteiger partial charge >= 0.3 is 0 Å². The molecule has 0 fully saturated rings. The number of rotatable bonds is 9. The average Bonchev–Trinajstić information content (AvgIpc) is 2.59. The highest BCUT2D eigenvalue weighted by atomic mass is 19.1. The van der Waals surface area contributed by atoms with Gasteiger partial charge in [-0.05, 0) is 50.1 Å². The Morgan fingerprint density at radius 2 is 1.88 bits per heavy atom. The van der Waals surface area contributed by atoms with Crippen LogP contribution in [-0.4, -0.2) is 37.0 Å². The number of ether oxygens (including phenoxy) is 2. The van der Waals surface area contributed by atoms with Gasteiger partial charge in [-0.2, -0.15) is 0 Å². The van der Waals surface area contributed by atoms with Gasteiger partial charge in [0.05, 0.1) is 7.11 Å². The third kappa shape index (κ3) is 6.36. The first-order valence-electron chi connectivity index (χ1n) is 8.33. The number of aliphatic hydroxyl groups excluding tert-OH is 1. The highest BCUT2D eigenvalue weighted by Crippen LogP contribution is 2.21. The second kappa shape index (κ2) is 8.83. The van der Waals surface area contributed by atoms with Crippen LogP contribution in [0.25, 0.3) is 0 Å². The summed E-state index contributed by atoms with van der Waals surface area (Å²) in [5, 5.41) is 13.4. The van der Waals surface area contributed by atoms with E-state index in [9.17, 15) is 9.50 Å². The van der Waals surface area contributed by atoms with Crippen LogP contribution in [0.5, 0.6) is 11.5 Å². The highest BCUT2D eigenvalue weighted by molar-refractivity contribution is 5.30. The molecule has 0 saturated heterocycles. The molecule has 0 amide bonds. The van der Waals surface area contributed by atoms with E-state index in [0.717, 1.165) is 11.3 Å². The summed E-state index contributed by atoms with van der Waals surface area (Å²) in [4.78, 5) is 0. The van der Waals surface area contributed by atoms with Gasteiger partial charge in [0.25, 0.3) is 0 Å². The Bertz CT molecular complexity index is 661. The minimum atomic E-state index is -0.632. The van der Waals surface area contributed by atoms with E-state index >= 15 is 0 Å². The Kier molecular flexibility index (Phi) is 6.79. The molecule has 0 aliphatic carbocycles. The Hall–Kier alpha value is -2.11.